The Balaban J connectivity index is 1.18. The summed E-state index contributed by atoms with van der Waals surface area (Å²) < 4.78 is 10.5. The SMILES string of the molecule is O=C(c1cc(-c2ccco2)on1)N1CCN(c2ccc(Nc3ccncc3)nn2)CC1. The number of pyridine rings is 1. The summed E-state index contributed by atoms with van der Waals surface area (Å²) >= 11 is 0. The van der Waals surface area contributed by atoms with E-state index in [9.17, 15) is 4.79 Å². The normalized spacial score (nSPS) is 13.9. The molecule has 1 aliphatic rings. The standard InChI is InChI=1S/C21H19N7O3/c29-21(16-14-18(31-26-16)17-2-1-13-30-17)28-11-9-27(10-12-28)20-4-3-19(24-25-20)23-15-5-7-22-8-6-15/h1-8,13-14H,9-12H2,(H,22,23,24). The van der Waals surface area contributed by atoms with Crippen LogP contribution in [0.25, 0.3) is 11.5 Å². The van der Waals surface area contributed by atoms with Crippen LogP contribution >= 0.6 is 0 Å². The number of anilines is 3. The summed E-state index contributed by atoms with van der Waals surface area (Å²) in [4.78, 5) is 20.6. The number of furan rings is 1. The number of nitrogens with one attached hydrogen (secondary N) is 1. The molecule has 5 heterocycles. The van der Waals surface area contributed by atoms with Gasteiger partial charge < -0.3 is 24.1 Å². The quantitative estimate of drug-likeness (QED) is 0.523. The molecule has 1 aliphatic heterocycles. The van der Waals surface area contributed by atoms with Crippen LogP contribution in [0.5, 0.6) is 0 Å². The second-order valence-electron chi connectivity index (χ2n) is 6.97. The van der Waals surface area contributed by atoms with Crippen LogP contribution in [0.1, 0.15) is 10.5 Å². The van der Waals surface area contributed by atoms with Gasteiger partial charge in [-0.1, -0.05) is 5.16 Å². The van der Waals surface area contributed by atoms with Gasteiger partial charge in [-0.15, -0.1) is 10.2 Å². The second-order valence-corrected chi connectivity index (χ2v) is 6.97. The molecule has 10 heteroatoms. The molecule has 4 aromatic rings. The number of nitrogens with zero attached hydrogens (tertiary/aromatic N) is 6. The molecule has 0 saturated carbocycles. The zero-order chi connectivity index (χ0) is 21.0. The molecule has 0 aliphatic carbocycles. The van der Waals surface area contributed by atoms with Crippen LogP contribution in [-0.4, -0.2) is 57.3 Å². The summed E-state index contributed by atoms with van der Waals surface area (Å²) in [7, 11) is 0. The van der Waals surface area contributed by atoms with E-state index in [1.165, 1.54) is 0 Å². The number of hydrogen-bond donors (Lipinski definition) is 1. The Morgan fingerprint density at radius 1 is 0.968 bits per heavy atom. The van der Waals surface area contributed by atoms with Gasteiger partial charge in [0, 0.05) is 50.3 Å². The highest BCUT2D eigenvalue weighted by Crippen LogP contribution is 2.22. The molecule has 31 heavy (non-hydrogen) atoms. The maximum Gasteiger partial charge on any atom is 0.276 e. The minimum Gasteiger partial charge on any atom is -0.461 e. The van der Waals surface area contributed by atoms with Gasteiger partial charge in [0.2, 0.25) is 5.76 Å². The molecule has 4 aromatic heterocycles. The molecule has 1 saturated heterocycles. The monoisotopic (exact) mass is 417 g/mol. The highest BCUT2D eigenvalue weighted by atomic mass is 16.5. The Bertz CT molecular complexity index is 1140. The molecule has 156 valence electrons. The zero-order valence-electron chi connectivity index (χ0n) is 16.5. The number of hydrogen-bond acceptors (Lipinski definition) is 9. The molecular weight excluding hydrogens is 398 g/mol. The number of piperazine rings is 1. The average molecular weight is 417 g/mol. The Morgan fingerprint density at radius 2 is 1.81 bits per heavy atom. The van der Waals surface area contributed by atoms with Gasteiger partial charge in [0.1, 0.15) is 0 Å². The first kappa shape index (κ1) is 18.8. The first-order valence-electron chi connectivity index (χ1n) is 9.82. The van der Waals surface area contributed by atoms with E-state index >= 15 is 0 Å². The van der Waals surface area contributed by atoms with E-state index in [0.717, 1.165) is 11.5 Å². The van der Waals surface area contributed by atoms with E-state index in [0.29, 0.717) is 43.5 Å². The Kier molecular flexibility index (Phi) is 5.01. The van der Waals surface area contributed by atoms with Gasteiger partial charge in [-0.2, -0.15) is 0 Å². The summed E-state index contributed by atoms with van der Waals surface area (Å²) in [5.74, 6) is 2.24. The predicted molar refractivity (Wildman–Crippen MR) is 112 cm³/mol. The molecule has 0 bridgehead atoms. The van der Waals surface area contributed by atoms with Crippen LogP contribution in [0, 0.1) is 0 Å². The van der Waals surface area contributed by atoms with Crippen LogP contribution in [-0.2, 0) is 0 Å². The lowest BCUT2D eigenvalue weighted by atomic mass is 10.2. The van der Waals surface area contributed by atoms with Crippen molar-refractivity contribution in [3.05, 3.63) is 66.8 Å². The highest BCUT2D eigenvalue weighted by molar-refractivity contribution is 5.93. The molecule has 0 aromatic carbocycles. The van der Waals surface area contributed by atoms with Crippen molar-refractivity contribution in [2.24, 2.45) is 0 Å². The number of carbonyl (C=O) groups excluding carboxylic acids is 1. The summed E-state index contributed by atoms with van der Waals surface area (Å²) in [5, 5.41) is 15.6. The van der Waals surface area contributed by atoms with Crippen LogP contribution in [0.15, 0.2) is 70.1 Å². The molecule has 1 fully saturated rings. The van der Waals surface area contributed by atoms with Gasteiger partial charge in [-0.05, 0) is 36.4 Å². The van der Waals surface area contributed by atoms with Crippen molar-refractivity contribution in [3.63, 3.8) is 0 Å². The summed E-state index contributed by atoms with van der Waals surface area (Å²) in [6, 6.07) is 12.6. The molecule has 0 radical (unpaired) electrons. The number of aromatic nitrogens is 4. The molecule has 1 amide bonds. The lowest BCUT2D eigenvalue weighted by Gasteiger charge is -2.34. The van der Waals surface area contributed by atoms with Crippen molar-refractivity contribution < 1.29 is 13.7 Å². The van der Waals surface area contributed by atoms with Crippen molar-refractivity contribution in [3.8, 4) is 11.5 Å². The van der Waals surface area contributed by atoms with Crippen LogP contribution in [0.4, 0.5) is 17.3 Å². The Morgan fingerprint density at radius 3 is 2.52 bits per heavy atom. The average Bonchev–Trinajstić information content (AvgIpc) is 3.52. The summed E-state index contributed by atoms with van der Waals surface area (Å²) in [5.41, 5.74) is 1.17. The van der Waals surface area contributed by atoms with Gasteiger partial charge in [0.25, 0.3) is 5.91 Å². The molecule has 0 atom stereocenters. The lowest BCUT2D eigenvalue weighted by Crippen LogP contribution is -2.49. The van der Waals surface area contributed by atoms with E-state index < -0.39 is 0 Å². The van der Waals surface area contributed by atoms with Crippen LogP contribution < -0.4 is 10.2 Å². The molecule has 1 N–H and O–H groups in total. The van der Waals surface area contributed by atoms with Crippen molar-refractivity contribution in [1.29, 1.82) is 0 Å². The lowest BCUT2D eigenvalue weighted by molar-refractivity contribution is 0.0736. The smallest absolute Gasteiger partial charge is 0.276 e. The fourth-order valence-electron chi connectivity index (χ4n) is 3.36. The largest absolute Gasteiger partial charge is 0.461 e. The topological polar surface area (TPSA) is 113 Å². The van der Waals surface area contributed by atoms with Gasteiger partial charge in [0.15, 0.2) is 23.1 Å². The first-order chi connectivity index (χ1) is 15.3. The number of amides is 1. The van der Waals surface area contributed by atoms with Crippen molar-refractivity contribution in [2.75, 3.05) is 36.4 Å². The number of carbonyl (C=O) groups is 1. The minimum absolute atomic E-state index is 0.163. The van der Waals surface area contributed by atoms with Gasteiger partial charge in [-0.25, -0.2) is 0 Å². The summed E-state index contributed by atoms with van der Waals surface area (Å²) in [6.45, 7) is 2.42. The zero-order valence-corrected chi connectivity index (χ0v) is 16.5. The number of rotatable bonds is 5. The fourth-order valence-corrected chi connectivity index (χ4v) is 3.36. The van der Waals surface area contributed by atoms with Crippen LogP contribution in [0.2, 0.25) is 0 Å². The van der Waals surface area contributed by atoms with Crippen molar-refractivity contribution >= 4 is 23.2 Å². The maximum atomic E-state index is 12.8. The van der Waals surface area contributed by atoms with E-state index in [2.05, 4.69) is 30.6 Å². The van der Waals surface area contributed by atoms with E-state index in [-0.39, 0.29) is 11.6 Å². The minimum atomic E-state index is -0.163. The molecule has 10 nitrogen and oxygen atoms in total. The molecular formula is C21H19N7O3. The molecule has 0 unspecified atom stereocenters. The molecule has 0 spiro atoms. The third-order valence-electron chi connectivity index (χ3n) is 4.99. The van der Waals surface area contributed by atoms with Gasteiger partial charge in [-0.3, -0.25) is 9.78 Å². The third kappa shape index (κ3) is 4.08. The predicted octanol–water partition coefficient (Wildman–Crippen LogP) is 2.83. The summed E-state index contributed by atoms with van der Waals surface area (Å²) in [6.07, 6.45) is 4.97. The Hall–Kier alpha value is -4.21. The third-order valence-corrected chi connectivity index (χ3v) is 4.99. The van der Waals surface area contributed by atoms with Crippen molar-refractivity contribution in [1.82, 2.24) is 25.2 Å². The van der Waals surface area contributed by atoms with E-state index in [1.807, 2.05) is 24.3 Å². The van der Waals surface area contributed by atoms with Crippen molar-refractivity contribution in [2.45, 2.75) is 0 Å². The molecule has 5 rings (SSSR count). The van der Waals surface area contributed by atoms with Gasteiger partial charge in [0.05, 0.1) is 6.26 Å². The van der Waals surface area contributed by atoms with E-state index in [1.54, 1.807) is 41.8 Å². The second kappa shape index (κ2) is 8.27. The van der Waals surface area contributed by atoms with Gasteiger partial charge >= 0.3 is 0 Å². The van der Waals surface area contributed by atoms with E-state index in [4.69, 9.17) is 8.94 Å². The highest BCUT2D eigenvalue weighted by Gasteiger charge is 2.25. The van der Waals surface area contributed by atoms with Crippen LogP contribution in [0.3, 0.4) is 0 Å². The first-order valence-corrected chi connectivity index (χ1v) is 9.82. The fraction of sp³-hybridized carbons (Fsp3) is 0.190. The Labute approximate surface area is 177 Å². The maximum absolute atomic E-state index is 12.8.